The molecule has 1 heterocycles. The van der Waals surface area contributed by atoms with E-state index < -0.39 is 0 Å². The van der Waals surface area contributed by atoms with Crippen LogP contribution in [0.2, 0.25) is 5.02 Å². The number of ether oxygens (including phenoxy) is 1. The van der Waals surface area contributed by atoms with Crippen LogP contribution in [-0.4, -0.2) is 16.9 Å². The molecule has 0 aliphatic carbocycles. The van der Waals surface area contributed by atoms with E-state index in [0.29, 0.717) is 17.3 Å². The highest BCUT2D eigenvalue weighted by atomic mass is 35.5. The van der Waals surface area contributed by atoms with Gasteiger partial charge in [0.2, 0.25) is 0 Å². The minimum atomic E-state index is 0.434. The first-order valence-corrected chi connectivity index (χ1v) is 6.02. The Hall–Kier alpha value is -1.52. The fraction of sp³-hybridized carbons (Fsp3) is 0.308. The number of nitrogens with two attached hydrogens (primary N) is 1. The summed E-state index contributed by atoms with van der Waals surface area (Å²) in [6, 6.07) is 5.70. The zero-order valence-electron chi connectivity index (χ0n) is 10.7. The molecule has 1 aromatic carbocycles. The molecule has 0 saturated heterocycles. The molecule has 96 valence electrons. The van der Waals surface area contributed by atoms with Gasteiger partial charge in [0.05, 0.1) is 23.5 Å². The largest absolute Gasteiger partial charge is 0.495 e. The minimum absolute atomic E-state index is 0.434. The summed E-state index contributed by atoms with van der Waals surface area (Å²) in [5.74, 6) is 0.666. The number of methoxy groups -OCH3 is 1. The molecule has 0 atom stereocenters. The number of rotatable bonds is 3. The molecule has 0 aliphatic heterocycles. The van der Waals surface area contributed by atoms with Gasteiger partial charge in [-0.25, -0.2) is 0 Å². The highest BCUT2D eigenvalue weighted by molar-refractivity contribution is 6.32. The Morgan fingerprint density at radius 1 is 1.44 bits per heavy atom. The van der Waals surface area contributed by atoms with Gasteiger partial charge < -0.3 is 10.5 Å². The second kappa shape index (κ2) is 5.00. The number of halogens is 1. The molecule has 0 saturated carbocycles. The van der Waals surface area contributed by atoms with Crippen molar-refractivity contribution in [1.29, 1.82) is 0 Å². The molecule has 0 unspecified atom stereocenters. The highest BCUT2D eigenvalue weighted by Gasteiger charge is 2.14. The van der Waals surface area contributed by atoms with Crippen molar-refractivity contribution in [1.82, 2.24) is 9.78 Å². The van der Waals surface area contributed by atoms with Gasteiger partial charge in [-0.1, -0.05) is 11.6 Å². The summed E-state index contributed by atoms with van der Waals surface area (Å²) >= 11 is 6.15. The number of hydrogen-bond acceptors (Lipinski definition) is 3. The summed E-state index contributed by atoms with van der Waals surface area (Å²) in [5.41, 5.74) is 9.69. The van der Waals surface area contributed by atoms with E-state index >= 15 is 0 Å². The van der Waals surface area contributed by atoms with Gasteiger partial charge in [0, 0.05) is 19.2 Å². The lowest BCUT2D eigenvalue weighted by atomic mass is 10.1. The van der Waals surface area contributed by atoms with Crippen LogP contribution >= 0.6 is 11.6 Å². The van der Waals surface area contributed by atoms with Gasteiger partial charge >= 0.3 is 0 Å². The van der Waals surface area contributed by atoms with E-state index in [1.807, 2.05) is 36.9 Å². The molecule has 0 amide bonds. The summed E-state index contributed by atoms with van der Waals surface area (Å²) in [5, 5.41) is 4.98. The van der Waals surface area contributed by atoms with E-state index in [0.717, 1.165) is 22.5 Å². The maximum Gasteiger partial charge on any atom is 0.137 e. The summed E-state index contributed by atoms with van der Waals surface area (Å²) in [6.45, 7) is 2.45. The van der Waals surface area contributed by atoms with Gasteiger partial charge in [0.25, 0.3) is 0 Å². The van der Waals surface area contributed by atoms with Gasteiger partial charge in [0.15, 0.2) is 0 Å². The second-order valence-corrected chi connectivity index (χ2v) is 4.50. The Morgan fingerprint density at radius 2 is 2.17 bits per heavy atom. The van der Waals surface area contributed by atoms with E-state index in [-0.39, 0.29) is 0 Å². The van der Waals surface area contributed by atoms with Crippen molar-refractivity contribution in [2.75, 3.05) is 7.11 Å². The van der Waals surface area contributed by atoms with Crippen LogP contribution in [0.25, 0.3) is 11.3 Å². The van der Waals surface area contributed by atoms with E-state index in [1.165, 1.54) is 0 Å². The maximum absolute atomic E-state index is 6.15. The van der Waals surface area contributed by atoms with Gasteiger partial charge in [0.1, 0.15) is 5.75 Å². The average molecular weight is 266 g/mol. The molecule has 5 heteroatoms. The van der Waals surface area contributed by atoms with E-state index in [9.17, 15) is 0 Å². The molecule has 0 spiro atoms. The lowest BCUT2D eigenvalue weighted by molar-refractivity contribution is 0.415. The molecule has 0 fully saturated rings. The van der Waals surface area contributed by atoms with Crippen molar-refractivity contribution >= 4 is 11.6 Å². The monoisotopic (exact) mass is 265 g/mol. The first-order chi connectivity index (χ1) is 8.58. The Balaban J connectivity index is 2.55. The molecule has 0 radical (unpaired) electrons. The van der Waals surface area contributed by atoms with Gasteiger partial charge in [-0.3, -0.25) is 4.68 Å². The van der Waals surface area contributed by atoms with Crippen LogP contribution in [0.1, 0.15) is 11.3 Å². The van der Waals surface area contributed by atoms with Crippen LogP contribution in [0.4, 0.5) is 0 Å². The van der Waals surface area contributed by atoms with Crippen LogP contribution in [0.5, 0.6) is 5.75 Å². The first-order valence-electron chi connectivity index (χ1n) is 5.65. The van der Waals surface area contributed by atoms with Crippen LogP contribution in [0.3, 0.4) is 0 Å². The number of aromatic nitrogens is 2. The third-order valence-electron chi connectivity index (χ3n) is 3.00. The fourth-order valence-corrected chi connectivity index (χ4v) is 2.35. The molecule has 1 aromatic heterocycles. The average Bonchev–Trinajstić information content (AvgIpc) is 2.64. The molecular weight excluding hydrogens is 250 g/mol. The lowest BCUT2D eigenvalue weighted by Gasteiger charge is -2.07. The third-order valence-corrected chi connectivity index (χ3v) is 3.30. The van der Waals surface area contributed by atoms with Crippen molar-refractivity contribution in [2.24, 2.45) is 12.8 Å². The van der Waals surface area contributed by atoms with Gasteiger partial charge in [-0.15, -0.1) is 0 Å². The smallest absolute Gasteiger partial charge is 0.137 e. The van der Waals surface area contributed by atoms with Crippen LogP contribution < -0.4 is 10.5 Å². The number of aryl methyl sites for hydroxylation is 1. The number of nitrogens with zero attached hydrogens (tertiary/aromatic N) is 2. The van der Waals surface area contributed by atoms with Crippen LogP contribution in [0, 0.1) is 6.92 Å². The number of hydrogen-bond donors (Lipinski definition) is 1. The zero-order valence-corrected chi connectivity index (χ0v) is 11.5. The van der Waals surface area contributed by atoms with E-state index in [2.05, 4.69) is 5.10 Å². The van der Waals surface area contributed by atoms with Crippen molar-refractivity contribution in [3.05, 3.63) is 34.5 Å². The van der Waals surface area contributed by atoms with E-state index in [1.54, 1.807) is 7.11 Å². The van der Waals surface area contributed by atoms with Gasteiger partial charge in [-0.2, -0.15) is 5.10 Å². The van der Waals surface area contributed by atoms with Crippen LogP contribution in [-0.2, 0) is 13.6 Å². The van der Waals surface area contributed by atoms with Crippen LogP contribution in [0.15, 0.2) is 18.2 Å². The summed E-state index contributed by atoms with van der Waals surface area (Å²) in [6.07, 6.45) is 0. The lowest BCUT2D eigenvalue weighted by Crippen LogP contribution is -1.99. The molecule has 4 nitrogen and oxygen atoms in total. The van der Waals surface area contributed by atoms with E-state index in [4.69, 9.17) is 22.1 Å². The Labute approximate surface area is 111 Å². The predicted octanol–water partition coefficient (Wildman–Crippen LogP) is 2.52. The summed E-state index contributed by atoms with van der Waals surface area (Å²) < 4.78 is 6.98. The maximum atomic E-state index is 6.15. The van der Waals surface area contributed by atoms with Crippen molar-refractivity contribution in [2.45, 2.75) is 13.5 Å². The minimum Gasteiger partial charge on any atom is -0.495 e. The second-order valence-electron chi connectivity index (χ2n) is 4.10. The molecular formula is C13H16ClN3O. The molecule has 18 heavy (non-hydrogen) atoms. The Morgan fingerprint density at radius 3 is 2.67 bits per heavy atom. The van der Waals surface area contributed by atoms with Crippen molar-refractivity contribution in [3.8, 4) is 17.0 Å². The number of benzene rings is 1. The normalized spacial score (nSPS) is 10.7. The standard InChI is InChI=1S/C13H16ClN3O/c1-8-11(7-15)16-17(2)13(8)9-4-5-12(18-3)10(14)6-9/h4-6H,7,15H2,1-3H3. The Bertz CT molecular complexity index is 578. The van der Waals surface area contributed by atoms with Crippen molar-refractivity contribution < 1.29 is 4.74 Å². The molecule has 0 bridgehead atoms. The van der Waals surface area contributed by atoms with Crippen molar-refractivity contribution in [3.63, 3.8) is 0 Å². The highest BCUT2D eigenvalue weighted by Crippen LogP contribution is 2.32. The zero-order chi connectivity index (χ0) is 13.3. The SMILES string of the molecule is COc1ccc(-c2c(C)c(CN)nn2C)cc1Cl. The first kappa shape index (κ1) is 12.9. The fourth-order valence-electron chi connectivity index (χ4n) is 2.10. The quantitative estimate of drug-likeness (QED) is 0.928. The third kappa shape index (κ3) is 2.09. The molecule has 2 N–H and O–H groups in total. The van der Waals surface area contributed by atoms with Gasteiger partial charge in [-0.05, 0) is 30.7 Å². The topological polar surface area (TPSA) is 53.1 Å². The molecule has 2 aromatic rings. The molecule has 0 aliphatic rings. The summed E-state index contributed by atoms with van der Waals surface area (Å²) in [7, 11) is 3.50. The molecule has 2 rings (SSSR count). The Kier molecular flexibility index (Phi) is 3.59. The predicted molar refractivity (Wildman–Crippen MR) is 72.8 cm³/mol. The summed E-state index contributed by atoms with van der Waals surface area (Å²) in [4.78, 5) is 0.